The van der Waals surface area contributed by atoms with Gasteiger partial charge in [-0.1, -0.05) is 19.8 Å². The van der Waals surface area contributed by atoms with Crippen LogP contribution < -0.4 is 5.73 Å². The molecule has 1 aromatic rings. The van der Waals surface area contributed by atoms with Gasteiger partial charge < -0.3 is 5.73 Å². The standard InChI is InChI=1S/C12H18N4/c1-2-7-16-12(14)10(8-13)11(15-16)9-5-3-4-6-9/h9H,2-7,14H2,1H3. The molecule has 4 heteroatoms. The van der Waals surface area contributed by atoms with Crippen molar-refractivity contribution in [3.63, 3.8) is 0 Å². The van der Waals surface area contributed by atoms with E-state index in [9.17, 15) is 0 Å². The van der Waals surface area contributed by atoms with E-state index >= 15 is 0 Å². The van der Waals surface area contributed by atoms with Gasteiger partial charge in [-0.05, 0) is 19.3 Å². The smallest absolute Gasteiger partial charge is 0.140 e. The summed E-state index contributed by atoms with van der Waals surface area (Å²) in [5, 5.41) is 13.7. The molecule has 0 unspecified atom stereocenters. The Labute approximate surface area is 96.0 Å². The van der Waals surface area contributed by atoms with Gasteiger partial charge in [0, 0.05) is 12.5 Å². The lowest BCUT2D eigenvalue weighted by Gasteiger charge is -2.04. The van der Waals surface area contributed by atoms with Crippen molar-refractivity contribution >= 4 is 5.82 Å². The van der Waals surface area contributed by atoms with Crippen LogP contribution in [0.25, 0.3) is 0 Å². The third-order valence-electron chi connectivity index (χ3n) is 3.31. The van der Waals surface area contributed by atoms with Crippen molar-refractivity contribution in [2.24, 2.45) is 0 Å². The van der Waals surface area contributed by atoms with E-state index in [0.29, 0.717) is 17.3 Å². The van der Waals surface area contributed by atoms with Crippen molar-refractivity contribution in [3.8, 4) is 6.07 Å². The minimum Gasteiger partial charge on any atom is -0.383 e. The Kier molecular flexibility index (Phi) is 3.14. The highest BCUT2D eigenvalue weighted by molar-refractivity contribution is 5.53. The van der Waals surface area contributed by atoms with E-state index < -0.39 is 0 Å². The van der Waals surface area contributed by atoms with Crippen molar-refractivity contribution < 1.29 is 0 Å². The van der Waals surface area contributed by atoms with Crippen molar-refractivity contribution in [2.75, 3.05) is 5.73 Å². The maximum atomic E-state index is 9.16. The summed E-state index contributed by atoms with van der Waals surface area (Å²) < 4.78 is 1.78. The zero-order chi connectivity index (χ0) is 11.5. The summed E-state index contributed by atoms with van der Waals surface area (Å²) in [7, 11) is 0. The molecule has 2 N–H and O–H groups in total. The molecule has 1 aliphatic rings. The molecule has 2 rings (SSSR count). The fourth-order valence-electron chi connectivity index (χ4n) is 2.48. The highest BCUT2D eigenvalue weighted by atomic mass is 15.3. The van der Waals surface area contributed by atoms with Crippen molar-refractivity contribution in [1.82, 2.24) is 9.78 Å². The summed E-state index contributed by atoms with van der Waals surface area (Å²) >= 11 is 0. The first kappa shape index (κ1) is 11.0. The first-order chi connectivity index (χ1) is 7.77. The van der Waals surface area contributed by atoms with E-state index in [1.54, 1.807) is 4.68 Å². The zero-order valence-electron chi connectivity index (χ0n) is 9.74. The Morgan fingerprint density at radius 3 is 2.75 bits per heavy atom. The van der Waals surface area contributed by atoms with E-state index in [1.807, 2.05) is 0 Å². The summed E-state index contributed by atoms with van der Waals surface area (Å²) in [6.07, 6.45) is 5.78. The van der Waals surface area contributed by atoms with Gasteiger partial charge in [0.15, 0.2) is 0 Å². The van der Waals surface area contributed by atoms with Gasteiger partial charge in [-0.3, -0.25) is 0 Å². The number of aryl methyl sites for hydroxylation is 1. The second-order valence-corrected chi connectivity index (χ2v) is 4.46. The van der Waals surface area contributed by atoms with Crippen LogP contribution in [0.3, 0.4) is 0 Å². The van der Waals surface area contributed by atoms with E-state index in [4.69, 9.17) is 11.0 Å². The Balaban J connectivity index is 2.36. The van der Waals surface area contributed by atoms with Gasteiger partial charge in [0.2, 0.25) is 0 Å². The molecular formula is C12H18N4. The molecule has 0 saturated heterocycles. The summed E-state index contributed by atoms with van der Waals surface area (Å²) in [5.41, 5.74) is 7.49. The van der Waals surface area contributed by atoms with Crippen LogP contribution in [-0.4, -0.2) is 9.78 Å². The van der Waals surface area contributed by atoms with Crippen LogP contribution in [0, 0.1) is 11.3 Å². The highest BCUT2D eigenvalue weighted by Crippen LogP contribution is 2.36. The second-order valence-electron chi connectivity index (χ2n) is 4.46. The third-order valence-corrected chi connectivity index (χ3v) is 3.31. The average Bonchev–Trinajstić information content (AvgIpc) is 2.88. The number of hydrogen-bond donors (Lipinski definition) is 1. The maximum Gasteiger partial charge on any atom is 0.140 e. The summed E-state index contributed by atoms with van der Waals surface area (Å²) in [5.74, 6) is 1.00. The molecule has 1 saturated carbocycles. The SMILES string of the molecule is CCCn1nc(C2CCCC2)c(C#N)c1N. The summed E-state index contributed by atoms with van der Waals surface area (Å²) in [6, 6.07) is 2.21. The first-order valence-electron chi connectivity index (χ1n) is 6.04. The van der Waals surface area contributed by atoms with Crippen LogP contribution in [0.1, 0.15) is 56.2 Å². The van der Waals surface area contributed by atoms with Crippen LogP contribution in [0.15, 0.2) is 0 Å². The molecule has 0 amide bonds. The molecule has 1 aliphatic carbocycles. The Bertz CT molecular complexity index is 407. The number of hydrogen-bond acceptors (Lipinski definition) is 3. The van der Waals surface area contributed by atoms with E-state index in [-0.39, 0.29) is 0 Å². The Hall–Kier alpha value is -1.50. The second kappa shape index (κ2) is 4.56. The molecule has 86 valence electrons. The molecule has 0 aromatic carbocycles. The first-order valence-corrected chi connectivity index (χ1v) is 6.04. The Morgan fingerprint density at radius 1 is 1.50 bits per heavy atom. The number of nitrogens with zero attached hydrogens (tertiary/aromatic N) is 3. The lowest BCUT2D eigenvalue weighted by Crippen LogP contribution is -2.04. The average molecular weight is 218 g/mol. The lowest BCUT2D eigenvalue weighted by molar-refractivity contribution is 0.583. The fourth-order valence-corrected chi connectivity index (χ4v) is 2.48. The van der Waals surface area contributed by atoms with E-state index in [1.165, 1.54) is 12.8 Å². The largest absolute Gasteiger partial charge is 0.383 e. The number of nitrogens with two attached hydrogens (primary N) is 1. The predicted octanol–water partition coefficient (Wildman–Crippen LogP) is 2.40. The third kappa shape index (κ3) is 1.78. The number of nitriles is 1. The fraction of sp³-hybridized carbons (Fsp3) is 0.667. The number of rotatable bonds is 3. The molecule has 0 radical (unpaired) electrons. The number of nitrogen functional groups attached to an aromatic ring is 1. The zero-order valence-corrected chi connectivity index (χ0v) is 9.74. The molecular weight excluding hydrogens is 200 g/mol. The van der Waals surface area contributed by atoms with Crippen molar-refractivity contribution in [2.45, 2.75) is 51.5 Å². The van der Waals surface area contributed by atoms with Crippen LogP contribution in [0.2, 0.25) is 0 Å². The normalized spacial score (nSPS) is 16.5. The molecule has 0 atom stereocenters. The summed E-state index contributed by atoms with van der Waals surface area (Å²) in [6.45, 7) is 2.88. The van der Waals surface area contributed by atoms with E-state index in [0.717, 1.165) is 31.5 Å². The van der Waals surface area contributed by atoms with Crippen molar-refractivity contribution in [1.29, 1.82) is 5.26 Å². The Morgan fingerprint density at radius 2 is 2.19 bits per heavy atom. The van der Waals surface area contributed by atoms with Gasteiger partial charge >= 0.3 is 0 Å². The number of anilines is 1. The van der Waals surface area contributed by atoms with Crippen LogP contribution in [0.4, 0.5) is 5.82 Å². The molecule has 1 fully saturated rings. The van der Waals surface area contributed by atoms with Crippen LogP contribution >= 0.6 is 0 Å². The van der Waals surface area contributed by atoms with Gasteiger partial charge in [-0.15, -0.1) is 0 Å². The molecule has 0 spiro atoms. The molecule has 16 heavy (non-hydrogen) atoms. The topological polar surface area (TPSA) is 67.6 Å². The van der Waals surface area contributed by atoms with Gasteiger partial charge in [0.25, 0.3) is 0 Å². The quantitative estimate of drug-likeness (QED) is 0.847. The summed E-state index contributed by atoms with van der Waals surface area (Å²) in [4.78, 5) is 0. The predicted molar refractivity (Wildman–Crippen MR) is 62.9 cm³/mol. The molecule has 4 nitrogen and oxygen atoms in total. The number of aromatic nitrogens is 2. The minimum absolute atomic E-state index is 0.454. The molecule has 1 heterocycles. The molecule has 1 aromatic heterocycles. The van der Waals surface area contributed by atoms with Gasteiger partial charge in [0.1, 0.15) is 17.5 Å². The molecule has 0 bridgehead atoms. The van der Waals surface area contributed by atoms with Gasteiger partial charge in [-0.2, -0.15) is 10.4 Å². The van der Waals surface area contributed by atoms with Crippen LogP contribution in [0.5, 0.6) is 0 Å². The van der Waals surface area contributed by atoms with Gasteiger partial charge in [-0.25, -0.2) is 4.68 Å². The highest BCUT2D eigenvalue weighted by Gasteiger charge is 2.25. The minimum atomic E-state index is 0.454. The molecule has 0 aliphatic heterocycles. The van der Waals surface area contributed by atoms with Crippen molar-refractivity contribution in [3.05, 3.63) is 11.3 Å². The monoisotopic (exact) mass is 218 g/mol. The van der Waals surface area contributed by atoms with E-state index in [2.05, 4.69) is 18.1 Å². The maximum absolute atomic E-state index is 9.16. The van der Waals surface area contributed by atoms with Crippen LogP contribution in [-0.2, 0) is 6.54 Å². The lowest BCUT2D eigenvalue weighted by atomic mass is 10.0. The van der Waals surface area contributed by atoms with Gasteiger partial charge in [0.05, 0.1) is 5.69 Å².